The summed E-state index contributed by atoms with van der Waals surface area (Å²) in [5.41, 5.74) is 3.99. The Morgan fingerprint density at radius 3 is 2.43 bits per heavy atom. The lowest BCUT2D eigenvalue weighted by Gasteiger charge is -2.33. The number of carbonyl (C=O) groups is 1. The molecule has 1 amide bonds. The molecule has 1 saturated heterocycles. The minimum absolute atomic E-state index is 0.318. The first-order chi connectivity index (χ1) is 10.1. The van der Waals surface area contributed by atoms with E-state index in [9.17, 15) is 4.79 Å². The molecular formula is C19H27NO. The molecular weight excluding hydrogens is 258 g/mol. The molecule has 2 heteroatoms. The van der Waals surface area contributed by atoms with Crippen LogP contribution in [0.5, 0.6) is 0 Å². The van der Waals surface area contributed by atoms with E-state index < -0.39 is 0 Å². The normalized spacial score (nSPS) is 21.0. The Kier molecular flexibility index (Phi) is 4.05. The molecule has 1 heterocycles. The van der Waals surface area contributed by atoms with Crippen LogP contribution in [0.25, 0.3) is 0 Å². The number of nitrogens with zero attached hydrogens (tertiary/aromatic N) is 1. The second-order valence-electron chi connectivity index (χ2n) is 7.07. The first kappa shape index (κ1) is 14.6. The summed E-state index contributed by atoms with van der Waals surface area (Å²) in [6.07, 6.45) is 5.59. The maximum Gasteiger partial charge on any atom is 0.226 e. The second-order valence-corrected chi connectivity index (χ2v) is 7.07. The maximum atomic E-state index is 12.5. The van der Waals surface area contributed by atoms with Gasteiger partial charge in [0.25, 0.3) is 0 Å². The number of benzene rings is 1. The van der Waals surface area contributed by atoms with Crippen LogP contribution in [-0.2, 0) is 4.79 Å². The molecule has 114 valence electrons. The van der Waals surface area contributed by atoms with Crippen molar-refractivity contribution in [2.45, 2.75) is 64.7 Å². The van der Waals surface area contributed by atoms with Crippen LogP contribution in [-0.4, -0.2) is 12.5 Å². The highest BCUT2D eigenvalue weighted by molar-refractivity contribution is 5.95. The molecule has 1 aromatic carbocycles. The number of hydrogen-bond donors (Lipinski definition) is 0. The van der Waals surface area contributed by atoms with Gasteiger partial charge < -0.3 is 4.90 Å². The van der Waals surface area contributed by atoms with E-state index in [4.69, 9.17) is 0 Å². The van der Waals surface area contributed by atoms with Crippen molar-refractivity contribution >= 4 is 11.6 Å². The van der Waals surface area contributed by atoms with E-state index in [0.717, 1.165) is 25.3 Å². The molecule has 1 saturated carbocycles. The van der Waals surface area contributed by atoms with Crippen LogP contribution < -0.4 is 4.90 Å². The van der Waals surface area contributed by atoms with Gasteiger partial charge in [-0.1, -0.05) is 39.0 Å². The minimum Gasteiger partial charge on any atom is -0.312 e. The van der Waals surface area contributed by atoms with E-state index in [2.05, 4.69) is 43.9 Å². The summed E-state index contributed by atoms with van der Waals surface area (Å²) in [7, 11) is 0. The lowest BCUT2D eigenvalue weighted by atomic mass is 9.88. The predicted molar refractivity (Wildman–Crippen MR) is 87.9 cm³/mol. The Bertz CT molecular complexity index is 530. The Balaban J connectivity index is 2.06. The van der Waals surface area contributed by atoms with Gasteiger partial charge in [-0.15, -0.1) is 0 Å². The van der Waals surface area contributed by atoms with Crippen molar-refractivity contribution in [1.82, 2.24) is 0 Å². The minimum atomic E-state index is 0.318. The van der Waals surface area contributed by atoms with Gasteiger partial charge in [0.15, 0.2) is 0 Å². The molecule has 21 heavy (non-hydrogen) atoms. The molecule has 2 nitrogen and oxygen atoms in total. The summed E-state index contributed by atoms with van der Waals surface area (Å²) < 4.78 is 0. The van der Waals surface area contributed by atoms with Gasteiger partial charge in [-0.2, -0.15) is 0 Å². The molecule has 1 aliphatic heterocycles. The quantitative estimate of drug-likeness (QED) is 0.775. The molecule has 3 rings (SSSR count). The van der Waals surface area contributed by atoms with Gasteiger partial charge in [-0.3, -0.25) is 4.79 Å². The molecule has 2 aliphatic rings. The fourth-order valence-corrected chi connectivity index (χ4v) is 3.62. The summed E-state index contributed by atoms with van der Waals surface area (Å²) in [4.78, 5) is 14.5. The zero-order chi connectivity index (χ0) is 15.0. The standard InChI is InChI=1S/C19H27NO/c1-13(2)16-7-6-8-17(14(3)15-10-11-15)19(16)20-12-5-4-9-18(20)21/h6-8,13-15H,4-5,9-12H2,1-3H3/t14-/m1/s1. The molecule has 0 N–H and O–H groups in total. The Labute approximate surface area is 128 Å². The number of piperidine rings is 1. The number of hydrogen-bond acceptors (Lipinski definition) is 1. The zero-order valence-corrected chi connectivity index (χ0v) is 13.6. The van der Waals surface area contributed by atoms with Gasteiger partial charge in [0, 0.05) is 13.0 Å². The van der Waals surface area contributed by atoms with Crippen molar-refractivity contribution in [3.8, 4) is 0 Å². The third-order valence-corrected chi connectivity index (χ3v) is 5.13. The van der Waals surface area contributed by atoms with Crippen molar-refractivity contribution in [2.24, 2.45) is 5.92 Å². The molecule has 0 spiro atoms. The largest absolute Gasteiger partial charge is 0.312 e. The smallest absolute Gasteiger partial charge is 0.226 e. The third-order valence-electron chi connectivity index (χ3n) is 5.13. The molecule has 0 aromatic heterocycles. The first-order valence-corrected chi connectivity index (χ1v) is 8.52. The van der Waals surface area contributed by atoms with Gasteiger partial charge in [0.05, 0.1) is 5.69 Å². The zero-order valence-electron chi connectivity index (χ0n) is 13.6. The van der Waals surface area contributed by atoms with Crippen LogP contribution in [0.4, 0.5) is 5.69 Å². The van der Waals surface area contributed by atoms with Crippen LogP contribution in [0.3, 0.4) is 0 Å². The second kappa shape index (κ2) is 5.82. The number of para-hydroxylation sites is 1. The summed E-state index contributed by atoms with van der Waals surface area (Å²) in [5.74, 6) is 2.18. The number of anilines is 1. The Morgan fingerprint density at radius 2 is 1.81 bits per heavy atom. The Hall–Kier alpha value is -1.31. The van der Waals surface area contributed by atoms with Gasteiger partial charge in [-0.05, 0) is 54.6 Å². The van der Waals surface area contributed by atoms with E-state index in [0.29, 0.717) is 24.2 Å². The van der Waals surface area contributed by atoms with Crippen molar-refractivity contribution in [1.29, 1.82) is 0 Å². The van der Waals surface area contributed by atoms with E-state index in [1.165, 1.54) is 29.7 Å². The SMILES string of the molecule is CC(C)c1cccc([C@H](C)C2CC2)c1N1CCCCC1=O. The highest BCUT2D eigenvalue weighted by Gasteiger charge is 2.33. The van der Waals surface area contributed by atoms with Crippen LogP contribution in [0, 0.1) is 5.92 Å². The van der Waals surface area contributed by atoms with Crippen molar-refractivity contribution in [2.75, 3.05) is 11.4 Å². The molecule has 1 atom stereocenters. The average molecular weight is 285 g/mol. The molecule has 0 radical (unpaired) electrons. The highest BCUT2D eigenvalue weighted by atomic mass is 16.2. The molecule has 0 unspecified atom stereocenters. The first-order valence-electron chi connectivity index (χ1n) is 8.52. The van der Waals surface area contributed by atoms with E-state index >= 15 is 0 Å². The van der Waals surface area contributed by atoms with E-state index in [-0.39, 0.29) is 0 Å². The molecule has 1 aliphatic carbocycles. The lowest BCUT2D eigenvalue weighted by molar-refractivity contribution is -0.119. The molecule has 1 aromatic rings. The number of carbonyl (C=O) groups excluding carboxylic acids is 1. The summed E-state index contributed by atoms with van der Waals surface area (Å²) in [6.45, 7) is 7.71. The summed E-state index contributed by atoms with van der Waals surface area (Å²) in [6, 6.07) is 6.65. The van der Waals surface area contributed by atoms with Gasteiger partial charge in [0.1, 0.15) is 0 Å². The summed E-state index contributed by atoms with van der Waals surface area (Å²) >= 11 is 0. The number of amides is 1. The van der Waals surface area contributed by atoms with Crippen molar-refractivity contribution in [3.05, 3.63) is 29.3 Å². The maximum absolute atomic E-state index is 12.5. The van der Waals surface area contributed by atoms with E-state index in [1.807, 2.05) is 0 Å². The monoisotopic (exact) mass is 285 g/mol. The van der Waals surface area contributed by atoms with Crippen molar-refractivity contribution in [3.63, 3.8) is 0 Å². The van der Waals surface area contributed by atoms with Crippen LogP contribution in [0.2, 0.25) is 0 Å². The predicted octanol–water partition coefficient (Wildman–Crippen LogP) is 4.84. The highest BCUT2D eigenvalue weighted by Crippen LogP contribution is 2.47. The Morgan fingerprint density at radius 1 is 1.10 bits per heavy atom. The van der Waals surface area contributed by atoms with Crippen LogP contribution in [0.15, 0.2) is 18.2 Å². The van der Waals surface area contributed by atoms with Gasteiger partial charge >= 0.3 is 0 Å². The fraction of sp³-hybridized carbons (Fsp3) is 0.632. The third kappa shape index (κ3) is 2.86. The van der Waals surface area contributed by atoms with Gasteiger partial charge in [-0.25, -0.2) is 0 Å². The number of rotatable bonds is 4. The fourth-order valence-electron chi connectivity index (χ4n) is 3.62. The molecule has 0 bridgehead atoms. The van der Waals surface area contributed by atoms with Crippen LogP contribution >= 0.6 is 0 Å². The average Bonchev–Trinajstić information content (AvgIpc) is 3.31. The van der Waals surface area contributed by atoms with Crippen molar-refractivity contribution < 1.29 is 4.79 Å². The summed E-state index contributed by atoms with van der Waals surface area (Å²) in [5, 5.41) is 0. The van der Waals surface area contributed by atoms with Gasteiger partial charge in [0.2, 0.25) is 5.91 Å². The van der Waals surface area contributed by atoms with E-state index in [1.54, 1.807) is 0 Å². The van der Waals surface area contributed by atoms with Crippen LogP contribution in [0.1, 0.15) is 75.8 Å². The lowest BCUT2D eigenvalue weighted by Crippen LogP contribution is -2.37. The molecule has 2 fully saturated rings. The topological polar surface area (TPSA) is 20.3 Å².